The molecule has 2 heterocycles. The van der Waals surface area contributed by atoms with E-state index in [2.05, 4.69) is 103 Å². The summed E-state index contributed by atoms with van der Waals surface area (Å²) in [6, 6.07) is 30.1. The van der Waals surface area contributed by atoms with Gasteiger partial charge in [-0.25, -0.2) is 0 Å². The van der Waals surface area contributed by atoms with Crippen LogP contribution in [0.1, 0.15) is 69.1 Å². The molecule has 214 valence electrons. The smallest absolute Gasteiger partial charge is 0.127 e. The van der Waals surface area contributed by atoms with Crippen molar-refractivity contribution < 1.29 is 4.74 Å². The van der Waals surface area contributed by atoms with E-state index in [1.54, 1.807) is 11.1 Å². The molecule has 4 fully saturated rings. The molecule has 3 aliphatic carbocycles. The third-order valence-electron chi connectivity index (χ3n) is 12.1. The Labute approximate surface area is 246 Å². The maximum absolute atomic E-state index is 6.51. The molecule has 3 nitrogen and oxygen atoms in total. The highest BCUT2D eigenvalue weighted by atomic mass is 16.5. The molecule has 0 radical (unpaired) electrons. The summed E-state index contributed by atoms with van der Waals surface area (Å²) in [6.45, 7) is 10.1. The molecule has 41 heavy (non-hydrogen) atoms. The molecule has 5 aliphatic rings. The quantitative estimate of drug-likeness (QED) is 0.284. The summed E-state index contributed by atoms with van der Waals surface area (Å²) in [7, 11) is 0. The van der Waals surface area contributed by atoms with Gasteiger partial charge < -0.3 is 4.74 Å². The van der Waals surface area contributed by atoms with E-state index < -0.39 is 0 Å². The molecule has 2 saturated heterocycles. The standard InChI is InChI=1S/C38H46N2O/c1-3-10-34-36-30(26-40(34)25-27-11-6-4-7-12-27)23-37(2)35-21-29-17-18-32(41-31-13-8-5-9-14-31)22-33(29)38(36,37)19-20-39(35)24-28-15-16-28/h4-9,11-14,17-18,22,28,30,34-36H,3,10,15-16,19-21,23-26H2,1-2H3/t30-,34?,35?,36?,37?,38?/m0/s1. The normalized spacial score (nSPS) is 34.2. The van der Waals surface area contributed by atoms with Crippen LogP contribution in [0.2, 0.25) is 0 Å². The van der Waals surface area contributed by atoms with Crippen LogP contribution in [0, 0.1) is 23.2 Å². The van der Waals surface area contributed by atoms with Crippen molar-refractivity contribution in [1.82, 2.24) is 9.80 Å². The minimum atomic E-state index is 0.220. The molecule has 2 aliphatic heterocycles. The van der Waals surface area contributed by atoms with Crippen LogP contribution in [0.25, 0.3) is 0 Å². The van der Waals surface area contributed by atoms with E-state index in [0.29, 0.717) is 23.4 Å². The lowest BCUT2D eigenvalue weighted by atomic mass is 9.48. The molecule has 3 aromatic carbocycles. The van der Waals surface area contributed by atoms with Gasteiger partial charge >= 0.3 is 0 Å². The predicted molar refractivity (Wildman–Crippen MR) is 166 cm³/mol. The number of piperidine rings is 1. The average Bonchev–Trinajstić information content (AvgIpc) is 3.68. The monoisotopic (exact) mass is 546 g/mol. The first kappa shape index (κ1) is 26.0. The Bertz CT molecular complexity index is 1390. The number of hydrogen-bond acceptors (Lipinski definition) is 3. The van der Waals surface area contributed by atoms with Gasteiger partial charge in [-0.05, 0) is 109 Å². The fourth-order valence-electron chi connectivity index (χ4n) is 10.4. The number of ether oxygens (including phenoxy) is 1. The SMILES string of the molecule is CCCC1C2[C@H](CN1Cc1ccccc1)CC1(C)C3Cc4ccc(Oc5ccccc5)cc4C21CCN3CC1CC1. The summed E-state index contributed by atoms with van der Waals surface area (Å²) in [6.07, 6.45) is 9.33. The Hall–Kier alpha value is -2.62. The molecule has 8 rings (SSSR count). The second-order valence-electron chi connectivity index (χ2n) is 14.3. The minimum absolute atomic E-state index is 0.220. The summed E-state index contributed by atoms with van der Waals surface area (Å²) >= 11 is 0. The van der Waals surface area contributed by atoms with Crippen molar-refractivity contribution >= 4 is 0 Å². The van der Waals surface area contributed by atoms with Crippen molar-refractivity contribution in [2.24, 2.45) is 23.2 Å². The highest BCUT2D eigenvalue weighted by Gasteiger charge is 2.72. The number of para-hydroxylation sites is 1. The van der Waals surface area contributed by atoms with Gasteiger partial charge in [0.05, 0.1) is 0 Å². The average molecular weight is 547 g/mol. The van der Waals surface area contributed by atoms with Gasteiger partial charge in [-0.15, -0.1) is 0 Å². The highest BCUT2D eigenvalue weighted by molar-refractivity contribution is 5.50. The highest BCUT2D eigenvalue weighted by Crippen LogP contribution is 2.71. The number of likely N-dealkylation sites (tertiary alicyclic amines) is 2. The van der Waals surface area contributed by atoms with Crippen molar-refractivity contribution in [3.05, 3.63) is 95.6 Å². The van der Waals surface area contributed by atoms with Gasteiger partial charge in [0.1, 0.15) is 11.5 Å². The molecule has 0 aromatic heterocycles. The zero-order valence-electron chi connectivity index (χ0n) is 25.0. The summed E-state index contributed by atoms with van der Waals surface area (Å²) in [5.41, 5.74) is 5.25. The molecule has 2 bridgehead atoms. The van der Waals surface area contributed by atoms with Gasteiger partial charge in [-0.2, -0.15) is 0 Å². The van der Waals surface area contributed by atoms with E-state index in [-0.39, 0.29) is 5.41 Å². The van der Waals surface area contributed by atoms with Gasteiger partial charge in [0.25, 0.3) is 0 Å². The van der Waals surface area contributed by atoms with Crippen LogP contribution in [-0.2, 0) is 18.4 Å². The van der Waals surface area contributed by atoms with Crippen LogP contribution in [0.4, 0.5) is 0 Å². The lowest BCUT2D eigenvalue weighted by molar-refractivity contribution is -0.0651. The largest absolute Gasteiger partial charge is 0.457 e. The Morgan fingerprint density at radius 1 is 0.902 bits per heavy atom. The predicted octanol–water partition coefficient (Wildman–Crippen LogP) is 8.08. The minimum Gasteiger partial charge on any atom is -0.457 e. The van der Waals surface area contributed by atoms with Crippen molar-refractivity contribution in [3.63, 3.8) is 0 Å². The summed E-state index contributed by atoms with van der Waals surface area (Å²) < 4.78 is 6.51. The number of benzene rings is 3. The summed E-state index contributed by atoms with van der Waals surface area (Å²) in [5, 5.41) is 0. The van der Waals surface area contributed by atoms with Crippen molar-refractivity contribution in [1.29, 1.82) is 0 Å². The molecule has 0 N–H and O–H groups in total. The lowest BCUT2D eigenvalue weighted by Gasteiger charge is -2.63. The summed E-state index contributed by atoms with van der Waals surface area (Å²) in [5.74, 6) is 4.38. The Morgan fingerprint density at radius 3 is 2.44 bits per heavy atom. The van der Waals surface area contributed by atoms with Crippen LogP contribution in [0.5, 0.6) is 11.5 Å². The first-order valence-corrected chi connectivity index (χ1v) is 16.5. The van der Waals surface area contributed by atoms with Gasteiger partial charge in [0, 0.05) is 37.1 Å². The second-order valence-corrected chi connectivity index (χ2v) is 14.3. The number of fused-ring (bicyclic) bond motifs is 2. The maximum Gasteiger partial charge on any atom is 0.127 e. The van der Waals surface area contributed by atoms with Crippen LogP contribution in [-0.4, -0.2) is 41.5 Å². The van der Waals surface area contributed by atoms with Crippen molar-refractivity contribution in [2.45, 2.75) is 82.8 Å². The number of rotatable bonds is 8. The fourth-order valence-corrected chi connectivity index (χ4v) is 10.4. The van der Waals surface area contributed by atoms with Crippen LogP contribution < -0.4 is 4.74 Å². The second kappa shape index (κ2) is 9.99. The topological polar surface area (TPSA) is 15.7 Å². The Kier molecular flexibility index (Phi) is 6.34. The van der Waals surface area contributed by atoms with E-state index in [1.165, 1.54) is 70.1 Å². The summed E-state index contributed by atoms with van der Waals surface area (Å²) in [4.78, 5) is 5.86. The first-order chi connectivity index (χ1) is 20.1. The van der Waals surface area contributed by atoms with E-state index in [0.717, 1.165) is 29.9 Å². The molecular weight excluding hydrogens is 500 g/mol. The number of hydrogen-bond donors (Lipinski definition) is 0. The van der Waals surface area contributed by atoms with Crippen LogP contribution in [0.3, 0.4) is 0 Å². The molecule has 2 saturated carbocycles. The van der Waals surface area contributed by atoms with E-state index in [9.17, 15) is 0 Å². The van der Waals surface area contributed by atoms with E-state index in [1.807, 2.05) is 0 Å². The third-order valence-corrected chi connectivity index (χ3v) is 12.1. The van der Waals surface area contributed by atoms with Gasteiger partial charge in [-0.1, -0.05) is 74.9 Å². The van der Waals surface area contributed by atoms with Gasteiger partial charge in [0.15, 0.2) is 0 Å². The van der Waals surface area contributed by atoms with Gasteiger partial charge in [-0.3, -0.25) is 9.80 Å². The van der Waals surface area contributed by atoms with Crippen LogP contribution >= 0.6 is 0 Å². The molecule has 5 unspecified atom stereocenters. The third kappa shape index (κ3) is 4.13. The van der Waals surface area contributed by atoms with Gasteiger partial charge in [0.2, 0.25) is 0 Å². The zero-order valence-corrected chi connectivity index (χ0v) is 25.0. The van der Waals surface area contributed by atoms with E-state index in [4.69, 9.17) is 4.74 Å². The van der Waals surface area contributed by atoms with E-state index >= 15 is 0 Å². The van der Waals surface area contributed by atoms with Crippen molar-refractivity contribution in [2.75, 3.05) is 19.6 Å². The Balaban J connectivity index is 1.22. The molecule has 6 atom stereocenters. The molecular formula is C38H46N2O. The Morgan fingerprint density at radius 2 is 1.68 bits per heavy atom. The maximum atomic E-state index is 6.51. The molecule has 3 aromatic rings. The zero-order chi connectivity index (χ0) is 27.6. The van der Waals surface area contributed by atoms with Crippen LogP contribution in [0.15, 0.2) is 78.9 Å². The fraction of sp³-hybridized carbons (Fsp3) is 0.526. The number of nitrogens with zero attached hydrogens (tertiary/aromatic N) is 2. The molecule has 0 spiro atoms. The first-order valence-electron chi connectivity index (χ1n) is 16.5. The molecule has 3 heteroatoms. The lowest BCUT2D eigenvalue weighted by Crippen LogP contribution is -2.66. The van der Waals surface area contributed by atoms with Crippen molar-refractivity contribution in [3.8, 4) is 11.5 Å². The molecule has 0 amide bonds.